The highest BCUT2D eigenvalue weighted by Crippen LogP contribution is 2.47. The summed E-state index contributed by atoms with van der Waals surface area (Å²) in [5.41, 5.74) is 1.89. The van der Waals surface area contributed by atoms with Crippen molar-refractivity contribution >= 4 is 52.2 Å². The summed E-state index contributed by atoms with van der Waals surface area (Å²) < 4.78 is 7.87. The zero-order chi connectivity index (χ0) is 24.5. The number of hydrogen-bond donors (Lipinski definition) is 1. The van der Waals surface area contributed by atoms with Gasteiger partial charge in [0, 0.05) is 18.7 Å². The summed E-state index contributed by atoms with van der Waals surface area (Å²) in [5, 5.41) is 12.5. The predicted molar refractivity (Wildman–Crippen MR) is 143 cm³/mol. The maximum absolute atomic E-state index is 11.8. The topological polar surface area (TPSA) is 59.4 Å². The first-order valence-electron chi connectivity index (χ1n) is 11.4. The number of carboxylic acids is 1. The molecule has 1 heterocycles. The van der Waals surface area contributed by atoms with Crippen molar-refractivity contribution in [1.29, 1.82) is 0 Å². The lowest BCUT2D eigenvalue weighted by atomic mass is 9.90. The van der Waals surface area contributed by atoms with Crippen molar-refractivity contribution in [3.8, 4) is 0 Å². The molecule has 0 aliphatic heterocycles. The maximum Gasteiger partial charge on any atom is 0.303 e. The number of rotatable bonds is 7. The van der Waals surface area contributed by atoms with Gasteiger partial charge in [-0.25, -0.2) is 4.98 Å². The normalized spacial score (nSPS) is 18.0. The minimum absolute atomic E-state index is 0.00857. The molecule has 1 N–H and O–H groups in total. The van der Waals surface area contributed by atoms with Crippen molar-refractivity contribution < 1.29 is 14.3 Å². The summed E-state index contributed by atoms with van der Waals surface area (Å²) in [5.74, 6) is -1.07. The van der Waals surface area contributed by atoms with Crippen LogP contribution in [0.15, 0.2) is 71.5 Å². The molecule has 4 rings (SSSR count). The fraction of sp³-hybridized carbons (Fsp3) is 0.333. The fourth-order valence-corrected chi connectivity index (χ4v) is 10.8. The summed E-state index contributed by atoms with van der Waals surface area (Å²) in [6.07, 6.45) is 2.29. The van der Waals surface area contributed by atoms with Crippen molar-refractivity contribution in [2.24, 2.45) is 5.92 Å². The molecule has 34 heavy (non-hydrogen) atoms. The van der Waals surface area contributed by atoms with E-state index in [1.54, 1.807) is 6.20 Å². The van der Waals surface area contributed by atoms with Gasteiger partial charge in [-0.3, -0.25) is 4.79 Å². The van der Waals surface area contributed by atoms with Crippen LogP contribution in [0.3, 0.4) is 0 Å². The molecule has 0 amide bonds. The molecule has 2 aromatic carbocycles. The van der Waals surface area contributed by atoms with E-state index in [2.05, 4.69) is 90.2 Å². The highest BCUT2D eigenvalue weighted by Gasteiger charge is 2.51. The molecule has 2 unspecified atom stereocenters. The minimum atomic E-state index is -2.72. The first-order chi connectivity index (χ1) is 16.1. The number of carboxylic acid groups (broad SMARTS) is 1. The van der Waals surface area contributed by atoms with Gasteiger partial charge >= 0.3 is 5.97 Å². The zero-order valence-corrected chi connectivity index (χ0v) is 22.9. The summed E-state index contributed by atoms with van der Waals surface area (Å²) in [7, 11) is -2.72. The molecule has 0 spiro atoms. The van der Waals surface area contributed by atoms with Crippen molar-refractivity contribution in [3.63, 3.8) is 0 Å². The van der Waals surface area contributed by atoms with Crippen LogP contribution in [0.4, 0.5) is 0 Å². The monoisotopic (exact) mass is 557 g/mol. The van der Waals surface area contributed by atoms with Gasteiger partial charge in [-0.1, -0.05) is 93.0 Å². The van der Waals surface area contributed by atoms with Crippen molar-refractivity contribution in [1.82, 2.24) is 4.98 Å². The Bertz CT molecular complexity index is 1130. The summed E-state index contributed by atoms with van der Waals surface area (Å²) in [6.45, 7) is 7.18. The Morgan fingerprint density at radius 1 is 1.12 bits per heavy atom. The van der Waals surface area contributed by atoms with E-state index in [9.17, 15) is 9.90 Å². The van der Waals surface area contributed by atoms with E-state index in [-0.39, 0.29) is 23.3 Å². The molecule has 0 bridgehead atoms. The molecule has 178 valence electrons. The van der Waals surface area contributed by atoms with Crippen LogP contribution < -0.4 is 10.4 Å². The zero-order valence-electron chi connectivity index (χ0n) is 19.6. The van der Waals surface area contributed by atoms with Crippen LogP contribution in [0.25, 0.3) is 0 Å². The van der Waals surface area contributed by atoms with Crippen LogP contribution in [-0.4, -0.2) is 31.0 Å². The molecule has 4 nitrogen and oxygen atoms in total. The van der Waals surface area contributed by atoms with Gasteiger partial charge in [-0.05, 0) is 54.8 Å². The van der Waals surface area contributed by atoms with E-state index in [0.717, 1.165) is 15.7 Å². The first kappa shape index (κ1) is 25.1. The molecule has 0 fully saturated rings. The smallest absolute Gasteiger partial charge is 0.303 e. The number of hydrogen-bond acceptors (Lipinski definition) is 3. The molecule has 0 saturated carbocycles. The number of pyridine rings is 1. The molecular formula is C27H29BrClNO3Si. The van der Waals surface area contributed by atoms with Crippen molar-refractivity contribution in [3.05, 3.63) is 87.6 Å². The minimum Gasteiger partial charge on any atom is -0.481 e. The predicted octanol–water partition coefficient (Wildman–Crippen LogP) is 5.80. The molecule has 1 aliphatic rings. The van der Waals surface area contributed by atoms with Gasteiger partial charge in [0.1, 0.15) is 4.60 Å². The number of aliphatic carboxylic acids is 1. The van der Waals surface area contributed by atoms with Crippen molar-refractivity contribution in [2.75, 3.05) is 6.61 Å². The third kappa shape index (κ3) is 4.61. The lowest BCUT2D eigenvalue weighted by Crippen LogP contribution is -2.67. The van der Waals surface area contributed by atoms with Gasteiger partial charge in [0.15, 0.2) is 0 Å². The van der Waals surface area contributed by atoms with E-state index in [1.165, 1.54) is 10.4 Å². The van der Waals surface area contributed by atoms with Crippen LogP contribution in [0.5, 0.6) is 0 Å². The van der Waals surface area contributed by atoms with Crippen LogP contribution >= 0.6 is 27.5 Å². The second-order valence-corrected chi connectivity index (χ2v) is 15.4. The third-order valence-corrected chi connectivity index (χ3v) is 12.8. The molecule has 1 aliphatic carbocycles. The standard InChI is InChI=1S/C27H29BrClNO3Si/c1-27(2,3)34(19-10-6-4-7-11-19,20-12-8-5-9-13-20)33-17-18-14-22-25(21(18)15-24(31)32)23(29)16-30-26(22)28/h4-13,16,18,21H,14-15,17H2,1-3H3,(H,31,32). The number of nitrogens with zero attached hydrogens (tertiary/aromatic N) is 1. The SMILES string of the molecule is CC(C)(C)[Si](OCC1Cc2c(Br)ncc(Cl)c2C1CC(=O)O)(c1ccccc1)c1ccccc1. The number of carbonyl (C=O) groups is 1. The average molecular weight is 559 g/mol. The Balaban J connectivity index is 1.77. The maximum atomic E-state index is 11.8. The second kappa shape index (κ2) is 9.94. The number of halogens is 2. The van der Waals surface area contributed by atoms with Crippen LogP contribution in [-0.2, 0) is 15.6 Å². The lowest BCUT2D eigenvalue weighted by molar-refractivity contribution is -0.137. The second-order valence-electron chi connectivity index (χ2n) is 9.93. The third-order valence-electron chi connectivity index (χ3n) is 6.85. The summed E-state index contributed by atoms with van der Waals surface area (Å²) in [4.78, 5) is 16.2. The average Bonchev–Trinajstić information content (AvgIpc) is 3.16. The fourth-order valence-electron chi connectivity index (χ4n) is 5.38. The van der Waals surface area contributed by atoms with E-state index in [4.69, 9.17) is 16.0 Å². The number of fused-ring (bicyclic) bond motifs is 1. The van der Waals surface area contributed by atoms with Gasteiger partial charge in [-0.15, -0.1) is 0 Å². The molecule has 2 atom stereocenters. The summed E-state index contributed by atoms with van der Waals surface area (Å²) in [6, 6.07) is 21.0. The molecule has 3 aromatic rings. The molecule has 7 heteroatoms. The largest absolute Gasteiger partial charge is 0.481 e. The lowest BCUT2D eigenvalue weighted by Gasteiger charge is -2.44. The molecule has 0 radical (unpaired) electrons. The Morgan fingerprint density at radius 2 is 1.68 bits per heavy atom. The Labute approximate surface area is 215 Å². The van der Waals surface area contributed by atoms with Crippen LogP contribution in [0.2, 0.25) is 10.1 Å². The number of aromatic nitrogens is 1. The van der Waals surface area contributed by atoms with Gasteiger partial charge in [-0.2, -0.15) is 0 Å². The molecule has 1 aromatic heterocycles. The van der Waals surface area contributed by atoms with Crippen LogP contribution in [0.1, 0.15) is 44.2 Å². The van der Waals surface area contributed by atoms with Gasteiger partial charge in [0.25, 0.3) is 8.32 Å². The van der Waals surface area contributed by atoms with Gasteiger partial charge in [0.05, 0.1) is 11.4 Å². The highest BCUT2D eigenvalue weighted by atomic mass is 79.9. The number of benzene rings is 2. The van der Waals surface area contributed by atoms with Crippen molar-refractivity contribution in [2.45, 2.75) is 44.6 Å². The van der Waals surface area contributed by atoms with E-state index in [0.29, 0.717) is 18.1 Å². The molecule has 0 saturated heterocycles. The quantitative estimate of drug-likeness (QED) is 0.294. The van der Waals surface area contributed by atoms with E-state index in [1.807, 2.05) is 12.1 Å². The Hall–Kier alpha value is -1.99. The van der Waals surface area contributed by atoms with E-state index < -0.39 is 14.3 Å². The van der Waals surface area contributed by atoms with Gasteiger partial charge in [0.2, 0.25) is 0 Å². The van der Waals surface area contributed by atoms with E-state index >= 15 is 0 Å². The highest BCUT2D eigenvalue weighted by molar-refractivity contribution is 9.10. The Kier molecular flexibility index (Phi) is 7.34. The molecular weight excluding hydrogens is 530 g/mol. The summed E-state index contributed by atoms with van der Waals surface area (Å²) >= 11 is 10.1. The Morgan fingerprint density at radius 3 is 2.18 bits per heavy atom. The van der Waals surface area contributed by atoms with Crippen LogP contribution in [0, 0.1) is 5.92 Å². The van der Waals surface area contributed by atoms with Gasteiger partial charge < -0.3 is 9.53 Å². The first-order valence-corrected chi connectivity index (χ1v) is 14.5.